The molecule has 1 N–H and O–H groups in total. The summed E-state index contributed by atoms with van der Waals surface area (Å²) in [6.07, 6.45) is 6.84. The second kappa shape index (κ2) is 4.28. The van der Waals surface area contributed by atoms with Crippen LogP contribution in [0.15, 0.2) is 41.5 Å². The third-order valence-corrected chi connectivity index (χ3v) is 2.48. The smallest absolute Gasteiger partial charge is 0.108 e. The predicted molar refractivity (Wildman–Crippen MR) is 56.4 cm³/mol. The standard InChI is InChI=1S/C12H13NO2/c1-2-9-7-13-5-3-11(9)12(14)10-4-6-15-8-10/h3-8,12,14H,2H2,1H3. The monoisotopic (exact) mass is 203 g/mol. The highest BCUT2D eigenvalue weighted by Gasteiger charge is 2.14. The Bertz CT molecular complexity index is 423. The molecule has 15 heavy (non-hydrogen) atoms. The van der Waals surface area contributed by atoms with Crippen LogP contribution in [0.25, 0.3) is 0 Å². The first-order chi connectivity index (χ1) is 7.33. The Morgan fingerprint density at radius 2 is 2.33 bits per heavy atom. The molecule has 0 aliphatic rings. The van der Waals surface area contributed by atoms with Crippen LogP contribution < -0.4 is 0 Å². The molecule has 3 heteroatoms. The molecular weight excluding hydrogens is 190 g/mol. The molecule has 0 aliphatic heterocycles. The summed E-state index contributed by atoms with van der Waals surface area (Å²) in [5.74, 6) is 0. The van der Waals surface area contributed by atoms with Gasteiger partial charge in [0.1, 0.15) is 6.10 Å². The quantitative estimate of drug-likeness (QED) is 0.832. The van der Waals surface area contributed by atoms with E-state index in [9.17, 15) is 5.11 Å². The van der Waals surface area contributed by atoms with Crippen molar-refractivity contribution in [3.05, 3.63) is 53.7 Å². The van der Waals surface area contributed by atoms with Crippen LogP contribution in [0, 0.1) is 0 Å². The molecule has 0 spiro atoms. The first-order valence-electron chi connectivity index (χ1n) is 4.96. The molecule has 2 heterocycles. The van der Waals surface area contributed by atoms with Crippen LogP contribution in [0.4, 0.5) is 0 Å². The normalized spacial score (nSPS) is 12.7. The van der Waals surface area contributed by atoms with Crippen molar-refractivity contribution in [1.29, 1.82) is 0 Å². The Hall–Kier alpha value is -1.61. The summed E-state index contributed by atoms with van der Waals surface area (Å²) in [6, 6.07) is 3.61. The number of aryl methyl sites for hydroxylation is 1. The van der Waals surface area contributed by atoms with Gasteiger partial charge in [0.15, 0.2) is 0 Å². The molecule has 0 aliphatic carbocycles. The molecule has 0 bridgehead atoms. The highest BCUT2D eigenvalue weighted by molar-refractivity contribution is 5.32. The van der Waals surface area contributed by atoms with Gasteiger partial charge < -0.3 is 9.52 Å². The topological polar surface area (TPSA) is 46.3 Å². The van der Waals surface area contributed by atoms with E-state index in [4.69, 9.17) is 4.42 Å². The van der Waals surface area contributed by atoms with Crippen molar-refractivity contribution in [3.8, 4) is 0 Å². The van der Waals surface area contributed by atoms with Gasteiger partial charge in [0.25, 0.3) is 0 Å². The van der Waals surface area contributed by atoms with Gasteiger partial charge in [-0.2, -0.15) is 0 Å². The van der Waals surface area contributed by atoms with Gasteiger partial charge in [0.2, 0.25) is 0 Å². The molecule has 0 radical (unpaired) electrons. The highest BCUT2D eigenvalue weighted by Crippen LogP contribution is 2.24. The molecule has 0 saturated carbocycles. The van der Waals surface area contributed by atoms with Crippen molar-refractivity contribution in [2.45, 2.75) is 19.4 Å². The van der Waals surface area contributed by atoms with Crippen LogP contribution in [0.2, 0.25) is 0 Å². The third kappa shape index (κ3) is 1.92. The van der Waals surface area contributed by atoms with Gasteiger partial charge in [-0.25, -0.2) is 0 Å². The second-order valence-corrected chi connectivity index (χ2v) is 3.39. The maximum Gasteiger partial charge on any atom is 0.108 e. The van der Waals surface area contributed by atoms with Gasteiger partial charge in [-0.05, 0) is 29.7 Å². The summed E-state index contributed by atoms with van der Waals surface area (Å²) in [5.41, 5.74) is 2.73. The van der Waals surface area contributed by atoms with Crippen molar-refractivity contribution in [1.82, 2.24) is 4.98 Å². The van der Waals surface area contributed by atoms with Crippen molar-refractivity contribution in [2.75, 3.05) is 0 Å². The Labute approximate surface area is 88.4 Å². The summed E-state index contributed by atoms with van der Waals surface area (Å²) in [6.45, 7) is 2.04. The number of aliphatic hydroxyl groups is 1. The van der Waals surface area contributed by atoms with Crippen LogP contribution in [0.5, 0.6) is 0 Å². The fraction of sp³-hybridized carbons (Fsp3) is 0.250. The molecule has 2 aromatic rings. The fourth-order valence-electron chi connectivity index (χ4n) is 1.61. The van der Waals surface area contributed by atoms with Crippen LogP contribution in [0.3, 0.4) is 0 Å². The summed E-state index contributed by atoms with van der Waals surface area (Å²) in [7, 11) is 0. The zero-order valence-corrected chi connectivity index (χ0v) is 8.55. The van der Waals surface area contributed by atoms with Crippen molar-refractivity contribution >= 4 is 0 Å². The van der Waals surface area contributed by atoms with Gasteiger partial charge in [0, 0.05) is 18.0 Å². The lowest BCUT2D eigenvalue weighted by molar-refractivity contribution is 0.218. The lowest BCUT2D eigenvalue weighted by Gasteiger charge is -2.12. The van der Waals surface area contributed by atoms with Gasteiger partial charge >= 0.3 is 0 Å². The maximum atomic E-state index is 10.1. The number of hydrogen-bond donors (Lipinski definition) is 1. The number of furan rings is 1. The molecule has 2 rings (SSSR count). The number of nitrogens with zero attached hydrogens (tertiary/aromatic N) is 1. The molecular formula is C12H13NO2. The zero-order valence-electron chi connectivity index (χ0n) is 8.55. The van der Waals surface area contributed by atoms with E-state index in [1.807, 2.05) is 13.0 Å². The lowest BCUT2D eigenvalue weighted by atomic mass is 9.99. The SMILES string of the molecule is CCc1cnccc1C(O)c1ccoc1. The van der Waals surface area contributed by atoms with E-state index in [2.05, 4.69) is 4.98 Å². The third-order valence-electron chi connectivity index (χ3n) is 2.48. The molecule has 0 aromatic carbocycles. The summed E-state index contributed by atoms with van der Waals surface area (Å²) in [4.78, 5) is 4.05. The number of pyridine rings is 1. The number of aromatic nitrogens is 1. The van der Waals surface area contributed by atoms with E-state index in [1.165, 1.54) is 0 Å². The van der Waals surface area contributed by atoms with E-state index in [0.29, 0.717) is 0 Å². The van der Waals surface area contributed by atoms with E-state index >= 15 is 0 Å². The lowest BCUT2D eigenvalue weighted by Crippen LogP contribution is -2.02. The van der Waals surface area contributed by atoms with Gasteiger partial charge in [-0.15, -0.1) is 0 Å². The number of aliphatic hydroxyl groups excluding tert-OH is 1. The molecule has 0 amide bonds. The largest absolute Gasteiger partial charge is 0.472 e. The van der Waals surface area contributed by atoms with E-state index in [0.717, 1.165) is 23.1 Å². The second-order valence-electron chi connectivity index (χ2n) is 3.39. The fourth-order valence-corrected chi connectivity index (χ4v) is 1.61. The van der Waals surface area contributed by atoms with Crippen molar-refractivity contribution in [2.24, 2.45) is 0 Å². The molecule has 1 unspecified atom stereocenters. The van der Waals surface area contributed by atoms with Crippen LogP contribution in [0.1, 0.15) is 29.7 Å². The summed E-state index contributed by atoms with van der Waals surface area (Å²) in [5, 5.41) is 10.1. The minimum Gasteiger partial charge on any atom is -0.472 e. The Balaban J connectivity index is 2.37. The summed E-state index contributed by atoms with van der Waals surface area (Å²) >= 11 is 0. The molecule has 0 fully saturated rings. The zero-order chi connectivity index (χ0) is 10.7. The number of rotatable bonds is 3. The minimum atomic E-state index is -0.623. The maximum absolute atomic E-state index is 10.1. The molecule has 78 valence electrons. The van der Waals surface area contributed by atoms with Gasteiger partial charge in [-0.1, -0.05) is 6.92 Å². The van der Waals surface area contributed by atoms with E-state index in [-0.39, 0.29) is 0 Å². The molecule has 2 aromatic heterocycles. The van der Waals surface area contributed by atoms with Crippen LogP contribution in [-0.4, -0.2) is 10.1 Å². The Kier molecular flexibility index (Phi) is 2.83. The van der Waals surface area contributed by atoms with Crippen molar-refractivity contribution in [3.63, 3.8) is 0 Å². The summed E-state index contributed by atoms with van der Waals surface area (Å²) < 4.78 is 4.96. The van der Waals surface area contributed by atoms with E-state index in [1.54, 1.807) is 31.0 Å². The first-order valence-corrected chi connectivity index (χ1v) is 4.96. The Morgan fingerprint density at radius 1 is 1.47 bits per heavy atom. The molecule has 0 saturated heterocycles. The Morgan fingerprint density at radius 3 is 3.00 bits per heavy atom. The van der Waals surface area contributed by atoms with Crippen LogP contribution in [-0.2, 0) is 6.42 Å². The van der Waals surface area contributed by atoms with Crippen molar-refractivity contribution < 1.29 is 9.52 Å². The van der Waals surface area contributed by atoms with Gasteiger partial charge in [-0.3, -0.25) is 4.98 Å². The van der Waals surface area contributed by atoms with E-state index < -0.39 is 6.10 Å². The average molecular weight is 203 g/mol. The predicted octanol–water partition coefficient (Wildman–Crippen LogP) is 2.32. The first kappa shape index (κ1) is 9.93. The minimum absolute atomic E-state index is 0.623. The highest BCUT2D eigenvalue weighted by atomic mass is 16.3. The molecule has 3 nitrogen and oxygen atoms in total. The molecule has 1 atom stereocenters. The van der Waals surface area contributed by atoms with Crippen LogP contribution >= 0.6 is 0 Å². The van der Waals surface area contributed by atoms with Gasteiger partial charge in [0.05, 0.1) is 12.5 Å². The number of hydrogen-bond acceptors (Lipinski definition) is 3. The average Bonchev–Trinajstić information content (AvgIpc) is 2.81.